The van der Waals surface area contributed by atoms with E-state index < -0.39 is 4.92 Å². The molecule has 1 N–H and O–H groups in total. The first kappa shape index (κ1) is 16.7. The third kappa shape index (κ3) is 3.82. The lowest BCUT2D eigenvalue weighted by Crippen LogP contribution is -2.40. The molecule has 2 aliphatic heterocycles. The van der Waals surface area contributed by atoms with Crippen LogP contribution in [0.5, 0.6) is 0 Å². The number of morpholine rings is 1. The number of nitro groups is 1. The summed E-state index contributed by atoms with van der Waals surface area (Å²) in [7, 11) is 0. The van der Waals surface area contributed by atoms with Crippen LogP contribution < -0.4 is 5.32 Å². The quantitative estimate of drug-likeness (QED) is 0.650. The van der Waals surface area contributed by atoms with Crippen molar-refractivity contribution in [2.24, 2.45) is 0 Å². The molecule has 1 amide bonds. The molecule has 0 radical (unpaired) electrons. The molecule has 0 aromatic heterocycles. The van der Waals surface area contributed by atoms with Gasteiger partial charge in [-0.05, 0) is 25.0 Å². The number of carbonyl (C=O) groups excluding carboxylic acids is 1. The van der Waals surface area contributed by atoms with Gasteiger partial charge in [-0.2, -0.15) is 0 Å². The van der Waals surface area contributed by atoms with Crippen LogP contribution in [0.15, 0.2) is 18.2 Å². The molecule has 1 aromatic rings. The van der Waals surface area contributed by atoms with Gasteiger partial charge in [-0.25, -0.2) is 0 Å². The zero-order chi connectivity index (χ0) is 16.9. The van der Waals surface area contributed by atoms with Crippen LogP contribution in [0, 0.1) is 10.1 Å². The van der Waals surface area contributed by atoms with Crippen molar-refractivity contribution in [2.45, 2.75) is 18.9 Å². The van der Waals surface area contributed by atoms with Crippen LogP contribution in [0.1, 0.15) is 23.2 Å². The minimum Gasteiger partial charge on any atom is -0.378 e. The molecule has 2 saturated heterocycles. The van der Waals surface area contributed by atoms with Crippen LogP contribution in [0.2, 0.25) is 0 Å². The third-order valence-electron chi connectivity index (χ3n) is 4.28. The summed E-state index contributed by atoms with van der Waals surface area (Å²) >= 11 is 0. The molecule has 2 fully saturated rings. The van der Waals surface area contributed by atoms with Gasteiger partial charge in [0.2, 0.25) is 0 Å². The average molecular weight is 335 g/mol. The highest BCUT2D eigenvalue weighted by atomic mass is 16.6. The first-order chi connectivity index (χ1) is 11.6. The van der Waals surface area contributed by atoms with Gasteiger partial charge >= 0.3 is 0 Å². The van der Waals surface area contributed by atoms with Gasteiger partial charge in [0.1, 0.15) is 5.69 Å². The van der Waals surface area contributed by atoms with Crippen molar-refractivity contribution in [3.05, 3.63) is 33.9 Å². The molecular weight excluding hydrogens is 314 g/mol. The molecule has 24 heavy (non-hydrogen) atoms. The van der Waals surface area contributed by atoms with E-state index in [0.717, 1.165) is 19.4 Å². The van der Waals surface area contributed by atoms with Gasteiger partial charge < -0.3 is 19.7 Å². The van der Waals surface area contributed by atoms with E-state index in [4.69, 9.17) is 9.47 Å². The summed E-state index contributed by atoms with van der Waals surface area (Å²) in [5.74, 6) is -0.202. The molecule has 130 valence electrons. The van der Waals surface area contributed by atoms with Crippen LogP contribution in [-0.2, 0) is 9.47 Å². The van der Waals surface area contributed by atoms with Crippen molar-refractivity contribution in [1.82, 2.24) is 4.90 Å². The van der Waals surface area contributed by atoms with Gasteiger partial charge in [0.05, 0.1) is 24.2 Å². The van der Waals surface area contributed by atoms with E-state index in [1.807, 2.05) is 0 Å². The lowest BCUT2D eigenvalue weighted by molar-refractivity contribution is -0.384. The largest absolute Gasteiger partial charge is 0.378 e. The van der Waals surface area contributed by atoms with Crippen LogP contribution in [0.3, 0.4) is 0 Å². The number of amides is 1. The molecule has 1 unspecified atom stereocenters. The Morgan fingerprint density at radius 3 is 2.79 bits per heavy atom. The highest BCUT2D eigenvalue weighted by molar-refractivity contribution is 5.95. The molecule has 2 heterocycles. The molecule has 1 atom stereocenters. The van der Waals surface area contributed by atoms with Gasteiger partial charge in [-0.1, -0.05) is 0 Å². The Hall–Kier alpha value is -2.19. The second kappa shape index (κ2) is 7.59. The Bertz CT molecular complexity index is 610. The van der Waals surface area contributed by atoms with Crippen molar-refractivity contribution in [2.75, 3.05) is 44.8 Å². The predicted molar refractivity (Wildman–Crippen MR) is 87.3 cm³/mol. The first-order valence-electron chi connectivity index (χ1n) is 8.16. The fraction of sp³-hybridized carbons (Fsp3) is 0.562. The van der Waals surface area contributed by atoms with Gasteiger partial charge in [-0.3, -0.25) is 14.9 Å². The summed E-state index contributed by atoms with van der Waals surface area (Å²) in [6.07, 6.45) is 2.05. The maximum Gasteiger partial charge on any atom is 0.293 e. The Kier molecular flexibility index (Phi) is 5.27. The maximum absolute atomic E-state index is 12.5. The molecule has 0 bridgehead atoms. The van der Waals surface area contributed by atoms with Crippen LogP contribution in [0.4, 0.5) is 11.4 Å². The summed E-state index contributed by atoms with van der Waals surface area (Å²) < 4.78 is 10.7. The number of nitrogens with zero attached hydrogens (tertiary/aromatic N) is 2. The van der Waals surface area contributed by atoms with Crippen molar-refractivity contribution in [3.8, 4) is 0 Å². The monoisotopic (exact) mass is 335 g/mol. The Balaban J connectivity index is 1.73. The number of anilines is 1. The van der Waals surface area contributed by atoms with E-state index in [1.165, 1.54) is 6.07 Å². The number of hydrogen-bond donors (Lipinski definition) is 1. The normalized spacial score (nSPS) is 20.8. The second-order valence-electron chi connectivity index (χ2n) is 5.91. The smallest absolute Gasteiger partial charge is 0.293 e. The number of rotatable bonds is 5. The SMILES string of the molecule is O=C(c1ccc(NCC2CCCO2)c([N+](=O)[O-])c1)N1CCOCC1. The summed E-state index contributed by atoms with van der Waals surface area (Å²) in [5, 5.41) is 14.4. The van der Waals surface area contributed by atoms with Crippen LogP contribution in [-0.4, -0.2) is 61.3 Å². The van der Waals surface area contributed by atoms with Gasteiger partial charge in [0.15, 0.2) is 0 Å². The molecule has 3 rings (SSSR count). The summed E-state index contributed by atoms with van der Waals surface area (Å²) in [5.41, 5.74) is 0.646. The zero-order valence-electron chi connectivity index (χ0n) is 13.4. The van der Waals surface area contributed by atoms with Crippen molar-refractivity contribution >= 4 is 17.3 Å². The van der Waals surface area contributed by atoms with Crippen LogP contribution >= 0.6 is 0 Å². The molecule has 1 aromatic carbocycles. The minimum atomic E-state index is -0.464. The molecule has 0 aliphatic carbocycles. The lowest BCUT2D eigenvalue weighted by Gasteiger charge is -2.26. The third-order valence-corrected chi connectivity index (χ3v) is 4.28. The lowest BCUT2D eigenvalue weighted by atomic mass is 10.1. The topological polar surface area (TPSA) is 93.9 Å². The molecular formula is C16H21N3O5. The molecule has 0 spiro atoms. The predicted octanol–water partition coefficient (Wildman–Crippen LogP) is 1.66. The number of ether oxygens (including phenoxy) is 2. The minimum absolute atomic E-state index is 0.0827. The summed E-state index contributed by atoms with van der Waals surface area (Å²) in [6, 6.07) is 4.57. The number of benzene rings is 1. The van der Waals surface area contributed by atoms with E-state index in [2.05, 4.69) is 5.32 Å². The molecule has 8 heteroatoms. The van der Waals surface area contributed by atoms with E-state index in [9.17, 15) is 14.9 Å². The van der Waals surface area contributed by atoms with E-state index in [0.29, 0.717) is 44.1 Å². The molecule has 0 saturated carbocycles. The maximum atomic E-state index is 12.5. The number of carbonyl (C=O) groups is 1. The first-order valence-corrected chi connectivity index (χ1v) is 8.16. The van der Waals surface area contributed by atoms with Gasteiger partial charge in [0.25, 0.3) is 11.6 Å². The van der Waals surface area contributed by atoms with Crippen molar-refractivity contribution < 1.29 is 19.2 Å². The van der Waals surface area contributed by atoms with E-state index >= 15 is 0 Å². The highest BCUT2D eigenvalue weighted by Gasteiger charge is 2.23. The highest BCUT2D eigenvalue weighted by Crippen LogP contribution is 2.27. The number of nitrogens with one attached hydrogen (secondary N) is 1. The number of hydrogen-bond acceptors (Lipinski definition) is 6. The number of nitro benzene ring substituents is 1. The Labute approximate surface area is 139 Å². The van der Waals surface area contributed by atoms with E-state index in [1.54, 1.807) is 17.0 Å². The summed E-state index contributed by atoms with van der Waals surface area (Å²) in [6.45, 7) is 3.26. The Morgan fingerprint density at radius 2 is 2.12 bits per heavy atom. The molecule has 2 aliphatic rings. The average Bonchev–Trinajstić information content (AvgIpc) is 3.13. The standard InChI is InChI=1S/C16H21N3O5/c20-16(18-5-8-23-9-6-18)12-3-4-14(15(10-12)19(21)22)17-11-13-2-1-7-24-13/h3-4,10,13,17H,1-2,5-9,11H2. The van der Waals surface area contributed by atoms with Crippen molar-refractivity contribution in [3.63, 3.8) is 0 Å². The zero-order valence-corrected chi connectivity index (χ0v) is 13.4. The van der Waals surface area contributed by atoms with E-state index in [-0.39, 0.29) is 17.7 Å². The fourth-order valence-electron chi connectivity index (χ4n) is 2.94. The van der Waals surface area contributed by atoms with Gasteiger partial charge in [0, 0.05) is 37.9 Å². The van der Waals surface area contributed by atoms with Crippen LogP contribution in [0.25, 0.3) is 0 Å². The van der Waals surface area contributed by atoms with Gasteiger partial charge in [-0.15, -0.1) is 0 Å². The second-order valence-corrected chi connectivity index (χ2v) is 5.91. The van der Waals surface area contributed by atoms with Crippen molar-refractivity contribution in [1.29, 1.82) is 0 Å². The Morgan fingerprint density at radius 1 is 1.33 bits per heavy atom. The fourth-order valence-corrected chi connectivity index (χ4v) is 2.94. The summed E-state index contributed by atoms with van der Waals surface area (Å²) in [4.78, 5) is 25.0. The molecule has 8 nitrogen and oxygen atoms in total.